The number of unbranched alkanes of at least 4 members (excludes halogenated alkanes) is 30. The lowest BCUT2D eigenvalue weighted by atomic mass is 9.84. The first-order valence-corrected chi connectivity index (χ1v) is 36.5. The number of ether oxygens (including phenoxy) is 7. The van der Waals surface area contributed by atoms with E-state index in [-0.39, 0.29) is 19.3 Å². The van der Waals surface area contributed by atoms with Crippen molar-refractivity contribution in [2.45, 2.75) is 362 Å². The van der Waals surface area contributed by atoms with E-state index in [4.69, 9.17) is 42.2 Å². The van der Waals surface area contributed by atoms with Crippen LogP contribution in [0.15, 0.2) is 12.2 Å². The molecule has 1 aliphatic carbocycles. The van der Waals surface area contributed by atoms with Crippen molar-refractivity contribution < 1.29 is 117 Å². The Morgan fingerprint density at radius 3 is 1.20 bits per heavy atom. The van der Waals surface area contributed by atoms with Crippen LogP contribution in [0.25, 0.3) is 0 Å². The SMILES string of the molecule is CCCCCCCC/C=C\CCCCCC(=O)OC(COC(=O)CCCCCCCCCCCCCC)COP(=O)(O)OC1C(OC2OC(CO)C(O)C(O)C2O)C(O)C(O)C(O)C1OC1OC(COC(=O)CCCCCCCCCCCCC)C(O)C(O)C1O. The molecule has 3 rings (SSSR count). The van der Waals surface area contributed by atoms with Crippen LogP contribution in [0.2, 0.25) is 0 Å². The maximum Gasteiger partial charge on any atom is 0.472 e. The lowest BCUT2D eigenvalue weighted by Gasteiger charge is -2.49. The van der Waals surface area contributed by atoms with Gasteiger partial charge in [0.15, 0.2) is 18.7 Å². The van der Waals surface area contributed by atoms with E-state index in [1.807, 2.05) is 0 Å². The standard InChI is InChI=1S/C66H121O24P/c1-4-7-10-13-16-19-22-24-27-30-33-36-39-42-52(70)85-47(44-82-50(68)40-37-34-31-29-26-23-20-17-14-11-8-5-2)45-84-91(80,81)90-64-62(88-65-60(78)55(73)53(71)48(43-67)86-65)58(76)57(75)59(77)63(64)89-66-61(79)56(74)54(72)49(87-66)46-83-51(69)41-38-35-32-28-25-21-18-15-12-9-6-3/h24,27,47-49,53-67,71-79H,4-23,25-26,28-46H2,1-3H3,(H,80,81)/b27-24-. The van der Waals surface area contributed by atoms with Crippen LogP contribution >= 0.6 is 7.82 Å². The molecule has 0 spiro atoms. The van der Waals surface area contributed by atoms with Gasteiger partial charge in [0, 0.05) is 19.3 Å². The summed E-state index contributed by atoms with van der Waals surface area (Å²) in [6, 6.07) is 0. The summed E-state index contributed by atoms with van der Waals surface area (Å²) in [6.45, 7) is 3.37. The van der Waals surface area contributed by atoms with Gasteiger partial charge in [-0.3, -0.25) is 23.4 Å². The molecular formula is C66H121O24P. The van der Waals surface area contributed by atoms with Gasteiger partial charge in [0.25, 0.3) is 0 Å². The van der Waals surface area contributed by atoms with E-state index in [0.717, 1.165) is 89.9 Å². The van der Waals surface area contributed by atoms with Gasteiger partial charge in [-0.15, -0.1) is 0 Å². The molecule has 11 N–H and O–H groups in total. The second-order valence-corrected chi connectivity index (χ2v) is 26.7. The fourth-order valence-electron chi connectivity index (χ4n) is 11.5. The largest absolute Gasteiger partial charge is 0.472 e. The highest BCUT2D eigenvalue weighted by atomic mass is 31.2. The van der Waals surface area contributed by atoms with Crippen LogP contribution in [0, 0.1) is 0 Å². The summed E-state index contributed by atoms with van der Waals surface area (Å²) < 4.78 is 64.7. The molecule has 0 bridgehead atoms. The average Bonchev–Trinajstić information content (AvgIpc) is 0.811. The number of rotatable bonds is 53. The Labute approximate surface area is 542 Å². The summed E-state index contributed by atoms with van der Waals surface area (Å²) in [5.74, 6) is -2.01. The summed E-state index contributed by atoms with van der Waals surface area (Å²) in [6.07, 6.45) is 4.70. The van der Waals surface area contributed by atoms with Crippen LogP contribution in [0.5, 0.6) is 0 Å². The summed E-state index contributed by atoms with van der Waals surface area (Å²) in [5.41, 5.74) is 0. The van der Waals surface area contributed by atoms with Crippen LogP contribution in [0.1, 0.15) is 258 Å². The van der Waals surface area contributed by atoms with Crippen LogP contribution in [-0.2, 0) is 61.2 Å². The van der Waals surface area contributed by atoms with Crippen molar-refractivity contribution in [3.8, 4) is 0 Å². The highest BCUT2D eigenvalue weighted by molar-refractivity contribution is 7.47. The van der Waals surface area contributed by atoms with Gasteiger partial charge in [0.2, 0.25) is 0 Å². The van der Waals surface area contributed by atoms with Crippen molar-refractivity contribution in [1.29, 1.82) is 0 Å². The molecule has 3 fully saturated rings. The first-order valence-electron chi connectivity index (χ1n) is 35.0. The molecule has 91 heavy (non-hydrogen) atoms. The molecule has 1 saturated carbocycles. The molecule has 0 aromatic carbocycles. The van der Waals surface area contributed by atoms with E-state index in [0.29, 0.717) is 25.7 Å². The molecule has 0 amide bonds. The fourth-order valence-corrected chi connectivity index (χ4v) is 12.5. The number of phosphoric ester groups is 1. The number of carbonyl (C=O) groups excluding carboxylic acids is 3. The van der Waals surface area contributed by atoms with Gasteiger partial charge >= 0.3 is 25.7 Å². The molecule has 24 nitrogen and oxygen atoms in total. The Morgan fingerprint density at radius 1 is 0.418 bits per heavy atom. The lowest BCUT2D eigenvalue weighted by Crippen LogP contribution is -2.69. The van der Waals surface area contributed by atoms with Crippen molar-refractivity contribution in [3.05, 3.63) is 12.2 Å². The lowest BCUT2D eigenvalue weighted by molar-refractivity contribution is -0.360. The van der Waals surface area contributed by atoms with Crippen LogP contribution in [0.4, 0.5) is 0 Å². The second kappa shape index (κ2) is 49.2. The van der Waals surface area contributed by atoms with E-state index in [1.165, 1.54) is 103 Å². The highest BCUT2D eigenvalue weighted by Gasteiger charge is 2.58. The molecule has 0 aromatic rings. The number of aliphatic hydroxyl groups excluding tert-OH is 10. The van der Waals surface area contributed by atoms with Gasteiger partial charge in [-0.1, -0.05) is 206 Å². The van der Waals surface area contributed by atoms with Crippen molar-refractivity contribution in [3.63, 3.8) is 0 Å². The third-order valence-electron chi connectivity index (χ3n) is 17.3. The molecular weight excluding hydrogens is 1210 g/mol. The minimum Gasteiger partial charge on any atom is -0.463 e. The molecule has 2 saturated heterocycles. The minimum atomic E-state index is -5.69. The van der Waals surface area contributed by atoms with E-state index in [9.17, 15) is 74.9 Å². The van der Waals surface area contributed by atoms with Crippen LogP contribution in [-0.4, -0.2) is 204 Å². The van der Waals surface area contributed by atoms with Gasteiger partial charge in [-0.05, 0) is 44.9 Å². The number of carbonyl (C=O) groups is 3. The van der Waals surface area contributed by atoms with Crippen LogP contribution in [0.3, 0.4) is 0 Å². The molecule has 3 aliphatic rings. The third-order valence-corrected chi connectivity index (χ3v) is 18.3. The number of aliphatic hydroxyl groups is 10. The normalized spacial score (nSPS) is 28.9. The maximum absolute atomic E-state index is 14.3. The zero-order chi connectivity index (χ0) is 66.8. The predicted octanol–water partition coefficient (Wildman–Crippen LogP) is 8.01. The van der Waals surface area contributed by atoms with Gasteiger partial charge in [-0.25, -0.2) is 4.57 Å². The number of phosphoric acid groups is 1. The van der Waals surface area contributed by atoms with Gasteiger partial charge in [0.1, 0.15) is 98.7 Å². The zero-order valence-corrected chi connectivity index (χ0v) is 56.0. The summed E-state index contributed by atoms with van der Waals surface area (Å²) in [7, 11) is -5.69. The minimum absolute atomic E-state index is 0.0308. The average molecular weight is 1330 g/mol. The van der Waals surface area contributed by atoms with Crippen LogP contribution < -0.4 is 0 Å². The predicted molar refractivity (Wildman–Crippen MR) is 338 cm³/mol. The van der Waals surface area contributed by atoms with E-state index in [2.05, 4.69) is 32.9 Å². The third kappa shape index (κ3) is 33.5. The molecule has 18 unspecified atom stereocenters. The topological polar surface area (TPSA) is 374 Å². The number of hydrogen-bond acceptors (Lipinski definition) is 23. The smallest absolute Gasteiger partial charge is 0.463 e. The van der Waals surface area contributed by atoms with Crippen molar-refractivity contribution in [2.24, 2.45) is 0 Å². The van der Waals surface area contributed by atoms with Crippen molar-refractivity contribution in [1.82, 2.24) is 0 Å². The monoisotopic (exact) mass is 1330 g/mol. The van der Waals surface area contributed by atoms with E-state index < -0.39 is 156 Å². The Morgan fingerprint density at radius 2 is 0.769 bits per heavy atom. The Bertz CT molecular complexity index is 1950. The zero-order valence-electron chi connectivity index (χ0n) is 55.1. The summed E-state index contributed by atoms with van der Waals surface area (Å²) in [4.78, 5) is 50.7. The first-order chi connectivity index (χ1) is 43.8. The van der Waals surface area contributed by atoms with E-state index >= 15 is 0 Å². The maximum atomic E-state index is 14.3. The van der Waals surface area contributed by atoms with Crippen molar-refractivity contribution >= 4 is 25.7 Å². The summed E-state index contributed by atoms with van der Waals surface area (Å²) >= 11 is 0. The molecule has 534 valence electrons. The fraction of sp³-hybridized carbons (Fsp3) is 0.924. The van der Waals surface area contributed by atoms with Gasteiger partial charge in [-0.2, -0.15) is 0 Å². The number of esters is 3. The van der Waals surface area contributed by atoms with Gasteiger partial charge in [0.05, 0.1) is 13.2 Å². The Kier molecular flexibility index (Phi) is 44.9. The molecule has 0 aromatic heterocycles. The second-order valence-electron chi connectivity index (χ2n) is 25.2. The molecule has 0 radical (unpaired) electrons. The molecule has 2 aliphatic heterocycles. The quantitative estimate of drug-likeness (QED) is 0.00902. The number of hydrogen-bond donors (Lipinski definition) is 11. The molecule has 2 heterocycles. The highest BCUT2D eigenvalue weighted by Crippen LogP contribution is 2.49. The molecule has 18 atom stereocenters. The Hall–Kier alpha value is -2.30. The summed E-state index contributed by atoms with van der Waals surface area (Å²) in [5, 5.41) is 110. The van der Waals surface area contributed by atoms with E-state index in [1.54, 1.807) is 0 Å². The Balaban J connectivity index is 1.78. The van der Waals surface area contributed by atoms with Gasteiger partial charge < -0.3 is 89.1 Å². The number of allylic oxidation sites excluding steroid dienone is 2. The first kappa shape index (κ1) is 82.9. The van der Waals surface area contributed by atoms with Crippen molar-refractivity contribution in [2.75, 3.05) is 26.4 Å². The molecule has 25 heteroatoms.